The first-order valence-electron chi connectivity index (χ1n) is 7.46. The molecule has 1 aliphatic rings. The second-order valence-corrected chi connectivity index (χ2v) is 6.61. The van der Waals surface area contributed by atoms with Gasteiger partial charge in [0.15, 0.2) is 0 Å². The molecule has 0 spiro atoms. The molecule has 0 saturated heterocycles. The molecule has 2 rings (SSSR count). The van der Waals surface area contributed by atoms with Gasteiger partial charge in [-0.25, -0.2) is 4.39 Å². The molecule has 0 bridgehead atoms. The van der Waals surface area contributed by atoms with E-state index in [2.05, 4.69) is 18.3 Å². The van der Waals surface area contributed by atoms with Gasteiger partial charge in [0.25, 0.3) is 0 Å². The zero-order chi connectivity index (χ0) is 13.5. The molecule has 1 aliphatic carbocycles. The highest BCUT2D eigenvalue weighted by Gasteiger charge is 2.17. The molecule has 0 unspecified atom stereocenters. The first-order chi connectivity index (χ1) is 9.31. The van der Waals surface area contributed by atoms with Gasteiger partial charge < -0.3 is 5.32 Å². The summed E-state index contributed by atoms with van der Waals surface area (Å²) in [4.78, 5) is 1.13. The number of nitrogens with one attached hydrogen (secondary N) is 1. The van der Waals surface area contributed by atoms with E-state index in [-0.39, 0.29) is 5.82 Å². The van der Waals surface area contributed by atoms with E-state index in [1.807, 2.05) is 17.8 Å². The Bertz CT molecular complexity index is 388. The maximum absolute atomic E-state index is 14.0. The maximum Gasteiger partial charge on any atom is 0.128 e. The first-order valence-corrected chi connectivity index (χ1v) is 8.34. The molecule has 1 saturated carbocycles. The van der Waals surface area contributed by atoms with Crippen LogP contribution < -0.4 is 5.32 Å². The summed E-state index contributed by atoms with van der Waals surface area (Å²) < 4.78 is 14.0. The van der Waals surface area contributed by atoms with Gasteiger partial charge in [0, 0.05) is 22.3 Å². The van der Waals surface area contributed by atoms with Gasteiger partial charge in [0.2, 0.25) is 0 Å². The first kappa shape index (κ1) is 14.9. The molecule has 0 aliphatic heterocycles. The summed E-state index contributed by atoms with van der Waals surface area (Å²) >= 11 is 1.88. The third kappa shape index (κ3) is 4.50. The van der Waals surface area contributed by atoms with Crippen molar-refractivity contribution in [1.82, 2.24) is 5.32 Å². The molecule has 0 heterocycles. The molecule has 1 aromatic rings. The lowest BCUT2D eigenvalue weighted by atomic mass is 10.0. The summed E-state index contributed by atoms with van der Waals surface area (Å²) in [5, 5.41) is 4.00. The smallest absolute Gasteiger partial charge is 0.128 e. The number of hydrogen-bond acceptors (Lipinski definition) is 2. The lowest BCUT2D eigenvalue weighted by Gasteiger charge is -2.22. The molecule has 1 N–H and O–H groups in total. The van der Waals surface area contributed by atoms with Crippen LogP contribution >= 0.6 is 11.8 Å². The van der Waals surface area contributed by atoms with Crippen LogP contribution in [0, 0.1) is 5.82 Å². The van der Waals surface area contributed by atoms with Gasteiger partial charge in [-0.15, -0.1) is 11.8 Å². The molecule has 0 amide bonds. The Hall–Kier alpha value is -0.540. The zero-order valence-electron chi connectivity index (χ0n) is 11.8. The second kappa shape index (κ2) is 7.91. The van der Waals surface area contributed by atoms with Gasteiger partial charge in [-0.3, -0.25) is 0 Å². The van der Waals surface area contributed by atoms with Crippen molar-refractivity contribution in [3.05, 3.63) is 29.6 Å². The van der Waals surface area contributed by atoms with Crippen molar-refractivity contribution in [3.63, 3.8) is 0 Å². The summed E-state index contributed by atoms with van der Waals surface area (Å²) in [6.45, 7) is 3.73. The number of rotatable bonds is 6. The van der Waals surface area contributed by atoms with Gasteiger partial charge in [-0.05, 0) is 37.9 Å². The molecular formula is C16H24FNS. The van der Waals surface area contributed by atoms with Gasteiger partial charge in [-0.2, -0.15) is 0 Å². The monoisotopic (exact) mass is 281 g/mol. The Kier molecular flexibility index (Phi) is 6.18. The SMILES string of the molecule is CCCNCc1c(F)cccc1SC1CCCCC1. The van der Waals surface area contributed by atoms with Crippen LogP contribution in [0.3, 0.4) is 0 Å². The van der Waals surface area contributed by atoms with Gasteiger partial charge in [0.05, 0.1) is 0 Å². The molecule has 106 valence electrons. The van der Waals surface area contributed by atoms with Crippen LogP contribution in [0.4, 0.5) is 4.39 Å². The third-order valence-corrected chi connectivity index (χ3v) is 5.09. The van der Waals surface area contributed by atoms with Crippen LogP contribution in [0.25, 0.3) is 0 Å². The summed E-state index contributed by atoms with van der Waals surface area (Å²) in [6, 6.07) is 5.49. The minimum absolute atomic E-state index is 0.0654. The van der Waals surface area contributed by atoms with Crippen LogP contribution in [-0.4, -0.2) is 11.8 Å². The van der Waals surface area contributed by atoms with E-state index in [1.165, 1.54) is 32.1 Å². The van der Waals surface area contributed by atoms with E-state index in [0.717, 1.165) is 23.4 Å². The largest absolute Gasteiger partial charge is 0.313 e. The summed E-state index contributed by atoms with van der Waals surface area (Å²) in [7, 11) is 0. The second-order valence-electron chi connectivity index (χ2n) is 5.27. The molecule has 1 nitrogen and oxygen atoms in total. The number of halogens is 1. The van der Waals surface area contributed by atoms with E-state index < -0.39 is 0 Å². The van der Waals surface area contributed by atoms with E-state index >= 15 is 0 Å². The predicted octanol–water partition coefficient (Wildman–Crippen LogP) is 4.75. The molecule has 19 heavy (non-hydrogen) atoms. The Labute approximate surface area is 120 Å². The quantitative estimate of drug-likeness (QED) is 0.755. The third-order valence-electron chi connectivity index (χ3n) is 3.65. The van der Waals surface area contributed by atoms with Crippen LogP contribution in [0.5, 0.6) is 0 Å². The normalized spacial score (nSPS) is 16.7. The minimum Gasteiger partial charge on any atom is -0.313 e. The Morgan fingerprint density at radius 2 is 2.05 bits per heavy atom. The highest BCUT2D eigenvalue weighted by molar-refractivity contribution is 8.00. The molecule has 0 radical (unpaired) electrons. The van der Waals surface area contributed by atoms with Gasteiger partial charge in [-0.1, -0.05) is 32.3 Å². The molecule has 0 atom stereocenters. The fourth-order valence-electron chi connectivity index (χ4n) is 2.57. The van der Waals surface area contributed by atoms with Crippen LogP contribution in [-0.2, 0) is 6.54 Å². The zero-order valence-corrected chi connectivity index (χ0v) is 12.6. The lowest BCUT2D eigenvalue weighted by molar-refractivity contribution is 0.515. The van der Waals surface area contributed by atoms with Crippen LogP contribution in [0.15, 0.2) is 23.1 Å². The summed E-state index contributed by atoms with van der Waals surface area (Å²) in [5.41, 5.74) is 0.853. The fourth-order valence-corrected chi connectivity index (χ4v) is 3.97. The van der Waals surface area contributed by atoms with Crippen LogP contribution in [0.1, 0.15) is 51.0 Å². The Morgan fingerprint density at radius 3 is 2.79 bits per heavy atom. The number of hydrogen-bond donors (Lipinski definition) is 1. The average Bonchev–Trinajstić information content (AvgIpc) is 2.43. The van der Waals surface area contributed by atoms with Crippen molar-refractivity contribution < 1.29 is 4.39 Å². The van der Waals surface area contributed by atoms with Crippen molar-refractivity contribution in [1.29, 1.82) is 0 Å². The highest BCUT2D eigenvalue weighted by atomic mass is 32.2. The molecule has 1 aromatic carbocycles. The average molecular weight is 281 g/mol. The molecule has 0 aromatic heterocycles. The lowest BCUT2D eigenvalue weighted by Crippen LogP contribution is -2.16. The molecule has 1 fully saturated rings. The highest BCUT2D eigenvalue weighted by Crippen LogP contribution is 2.35. The van der Waals surface area contributed by atoms with Crippen molar-refractivity contribution in [2.24, 2.45) is 0 Å². The standard InChI is InChI=1S/C16H24FNS/c1-2-11-18-12-14-15(17)9-6-10-16(14)19-13-7-4-3-5-8-13/h6,9-10,13,18H,2-5,7-8,11-12H2,1H3. The van der Waals surface area contributed by atoms with Crippen molar-refractivity contribution in [2.75, 3.05) is 6.54 Å². The van der Waals surface area contributed by atoms with Crippen molar-refractivity contribution >= 4 is 11.8 Å². The number of benzene rings is 1. The van der Waals surface area contributed by atoms with E-state index in [1.54, 1.807) is 6.07 Å². The topological polar surface area (TPSA) is 12.0 Å². The Morgan fingerprint density at radius 1 is 1.26 bits per heavy atom. The predicted molar refractivity (Wildman–Crippen MR) is 81.1 cm³/mol. The van der Waals surface area contributed by atoms with Gasteiger partial charge >= 0.3 is 0 Å². The van der Waals surface area contributed by atoms with E-state index in [9.17, 15) is 4.39 Å². The van der Waals surface area contributed by atoms with Crippen molar-refractivity contribution in [2.45, 2.75) is 62.1 Å². The molecule has 3 heteroatoms. The maximum atomic E-state index is 14.0. The Balaban J connectivity index is 2.03. The number of thioether (sulfide) groups is 1. The summed E-state index contributed by atoms with van der Waals surface area (Å²) in [6.07, 6.45) is 7.67. The van der Waals surface area contributed by atoms with E-state index in [0.29, 0.717) is 11.8 Å². The van der Waals surface area contributed by atoms with Crippen LogP contribution in [0.2, 0.25) is 0 Å². The minimum atomic E-state index is -0.0654. The van der Waals surface area contributed by atoms with Crippen molar-refractivity contribution in [3.8, 4) is 0 Å². The summed E-state index contributed by atoms with van der Waals surface area (Å²) in [5.74, 6) is -0.0654. The van der Waals surface area contributed by atoms with Gasteiger partial charge in [0.1, 0.15) is 5.82 Å². The molecular weight excluding hydrogens is 257 g/mol. The fraction of sp³-hybridized carbons (Fsp3) is 0.625. The van der Waals surface area contributed by atoms with E-state index in [4.69, 9.17) is 0 Å².